The number of phenolic OH excluding ortho intramolecular Hbond substituents is 1. The highest BCUT2D eigenvalue weighted by atomic mass is 32.2. The van der Waals surface area contributed by atoms with Crippen LogP contribution in [0.1, 0.15) is 0 Å². The fourth-order valence-corrected chi connectivity index (χ4v) is 0.847. The van der Waals surface area contributed by atoms with Crippen LogP contribution in [-0.2, 0) is 11.3 Å². The van der Waals surface area contributed by atoms with Gasteiger partial charge in [0.15, 0.2) is 0 Å². The zero-order chi connectivity index (χ0) is 8.97. The molecule has 0 aliphatic heterocycles. The molecule has 12 heavy (non-hydrogen) atoms. The van der Waals surface area contributed by atoms with Crippen molar-refractivity contribution in [1.82, 2.24) is 4.83 Å². The van der Waals surface area contributed by atoms with Gasteiger partial charge in [-0.2, -0.15) is 4.83 Å². The molecule has 1 rings (SSSR count). The number of rotatable bonds is 3. The molecule has 0 radical (unpaired) electrons. The van der Waals surface area contributed by atoms with Crippen molar-refractivity contribution in [3.8, 4) is 5.75 Å². The fraction of sp³-hybridized carbons (Fsp3) is 0. The Kier molecular flexibility index (Phi) is 3.03. The number of hydrogen-bond donors (Lipinski definition) is 3. The third-order valence-corrected chi connectivity index (χ3v) is 1.41. The maximum atomic E-state index is 10.0. The van der Waals surface area contributed by atoms with Crippen LogP contribution in [0, 0.1) is 0 Å². The van der Waals surface area contributed by atoms with Crippen molar-refractivity contribution in [1.29, 1.82) is 0 Å². The summed E-state index contributed by atoms with van der Waals surface area (Å²) >= 11 is -2.35. The van der Waals surface area contributed by atoms with Gasteiger partial charge in [0.1, 0.15) is 5.75 Å². The Labute approximate surface area is 71.8 Å². The molecule has 1 atom stereocenters. The van der Waals surface area contributed by atoms with Crippen LogP contribution in [0.4, 0.5) is 5.69 Å². The molecule has 1 unspecified atom stereocenters. The summed E-state index contributed by atoms with van der Waals surface area (Å²) in [4.78, 5) is 1.97. The molecule has 1 aromatic rings. The highest BCUT2D eigenvalue weighted by molar-refractivity contribution is 7.77. The van der Waals surface area contributed by atoms with Gasteiger partial charge in [0.05, 0.1) is 0 Å². The van der Waals surface area contributed by atoms with Gasteiger partial charge in [0, 0.05) is 17.0 Å². The van der Waals surface area contributed by atoms with Crippen molar-refractivity contribution in [3.63, 3.8) is 0 Å². The Morgan fingerprint density at radius 2 is 1.92 bits per heavy atom. The predicted octanol–water partition coefficient (Wildman–Crippen LogP) is 0.103. The van der Waals surface area contributed by atoms with E-state index in [2.05, 4.69) is 5.43 Å². The van der Waals surface area contributed by atoms with Crippen LogP contribution in [0.3, 0.4) is 0 Å². The molecule has 6 heteroatoms. The number of nitrogens with one attached hydrogen (secondary N) is 2. The van der Waals surface area contributed by atoms with E-state index in [-0.39, 0.29) is 5.75 Å². The first-order chi connectivity index (χ1) is 5.68. The number of phenols is 1. The van der Waals surface area contributed by atoms with E-state index in [9.17, 15) is 8.76 Å². The van der Waals surface area contributed by atoms with E-state index in [1.165, 1.54) is 24.3 Å². The molecule has 0 heterocycles. The standard InChI is InChI=1S/C6H8N2O3S/c9-6-3-1-5(2-4-6)7-8-12(10)11/h1-4,7-9H,(H,10,11)/p-1. The molecule has 0 aromatic heterocycles. The van der Waals surface area contributed by atoms with Gasteiger partial charge in [-0.15, -0.1) is 0 Å². The lowest BCUT2D eigenvalue weighted by Crippen LogP contribution is -2.23. The molecule has 3 N–H and O–H groups in total. The maximum absolute atomic E-state index is 10.0. The molecular formula is C6H7N2O3S-. The normalized spacial score (nSPS) is 12.4. The van der Waals surface area contributed by atoms with Gasteiger partial charge in [-0.3, -0.25) is 4.21 Å². The molecule has 0 bridgehead atoms. The third kappa shape index (κ3) is 2.87. The van der Waals surface area contributed by atoms with E-state index in [1.807, 2.05) is 4.83 Å². The van der Waals surface area contributed by atoms with Crippen LogP contribution in [0.15, 0.2) is 24.3 Å². The minimum absolute atomic E-state index is 0.129. The quantitative estimate of drug-likeness (QED) is 0.356. The number of benzene rings is 1. The number of hydrazine groups is 1. The topological polar surface area (TPSA) is 84.4 Å². The van der Waals surface area contributed by atoms with Gasteiger partial charge in [-0.05, 0) is 24.3 Å². The van der Waals surface area contributed by atoms with Crippen molar-refractivity contribution >= 4 is 17.0 Å². The van der Waals surface area contributed by atoms with Crippen LogP contribution >= 0.6 is 0 Å². The summed E-state index contributed by atoms with van der Waals surface area (Å²) in [7, 11) is 0. The monoisotopic (exact) mass is 187 g/mol. The van der Waals surface area contributed by atoms with Crippen LogP contribution in [0.2, 0.25) is 0 Å². The van der Waals surface area contributed by atoms with Gasteiger partial charge in [0.25, 0.3) is 0 Å². The molecule has 0 saturated carbocycles. The lowest BCUT2D eigenvalue weighted by molar-refractivity contribution is 0.475. The summed E-state index contributed by atoms with van der Waals surface area (Å²) in [5.41, 5.74) is 2.95. The number of hydrogen-bond acceptors (Lipinski definition) is 4. The third-order valence-electron chi connectivity index (χ3n) is 1.15. The van der Waals surface area contributed by atoms with Gasteiger partial charge >= 0.3 is 0 Å². The van der Waals surface area contributed by atoms with Gasteiger partial charge < -0.3 is 15.1 Å². The summed E-state index contributed by atoms with van der Waals surface area (Å²) in [6, 6.07) is 5.96. The molecule has 66 valence electrons. The van der Waals surface area contributed by atoms with Crippen molar-refractivity contribution in [3.05, 3.63) is 24.3 Å². The van der Waals surface area contributed by atoms with E-state index >= 15 is 0 Å². The molecule has 0 aliphatic rings. The van der Waals surface area contributed by atoms with Crippen LogP contribution in [-0.4, -0.2) is 13.9 Å². The lowest BCUT2D eigenvalue weighted by Gasteiger charge is -2.09. The summed E-state index contributed by atoms with van der Waals surface area (Å²) in [6.45, 7) is 0. The van der Waals surface area contributed by atoms with Crippen LogP contribution in [0.25, 0.3) is 0 Å². The van der Waals surface area contributed by atoms with Crippen molar-refractivity contribution in [2.24, 2.45) is 0 Å². The molecule has 0 amide bonds. The minimum atomic E-state index is -2.35. The molecular weight excluding hydrogens is 180 g/mol. The van der Waals surface area contributed by atoms with Gasteiger partial charge in [-0.25, -0.2) is 0 Å². The maximum Gasteiger partial charge on any atom is 0.115 e. The molecule has 0 spiro atoms. The Bertz CT molecular complexity index is 275. The Morgan fingerprint density at radius 3 is 2.42 bits per heavy atom. The summed E-state index contributed by atoms with van der Waals surface area (Å²) in [5.74, 6) is 0.129. The number of aromatic hydroxyl groups is 1. The lowest BCUT2D eigenvalue weighted by atomic mass is 10.3. The molecule has 0 saturated heterocycles. The highest BCUT2D eigenvalue weighted by Gasteiger charge is 1.89. The zero-order valence-corrected chi connectivity index (χ0v) is 6.80. The smallest absolute Gasteiger partial charge is 0.115 e. The van der Waals surface area contributed by atoms with Gasteiger partial charge in [0.2, 0.25) is 0 Å². The number of anilines is 1. The Morgan fingerprint density at radius 1 is 1.33 bits per heavy atom. The Hall–Kier alpha value is -1.11. The fourth-order valence-electron chi connectivity index (χ4n) is 0.645. The van der Waals surface area contributed by atoms with E-state index in [0.717, 1.165) is 0 Å². The molecule has 0 fully saturated rings. The predicted molar refractivity (Wildman–Crippen MR) is 43.8 cm³/mol. The first kappa shape index (κ1) is 8.98. The highest BCUT2D eigenvalue weighted by Crippen LogP contribution is 2.12. The second-order valence-electron chi connectivity index (χ2n) is 2.01. The first-order valence-electron chi connectivity index (χ1n) is 3.08. The van der Waals surface area contributed by atoms with Gasteiger partial charge in [-0.1, -0.05) is 0 Å². The SMILES string of the molecule is O=S([O-])NNc1ccc(O)cc1. The van der Waals surface area contributed by atoms with E-state index < -0.39 is 11.3 Å². The zero-order valence-electron chi connectivity index (χ0n) is 5.98. The molecule has 5 nitrogen and oxygen atoms in total. The summed E-state index contributed by atoms with van der Waals surface area (Å²) in [5, 5.41) is 8.86. The van der Waals surface area contributed by atoms with Crippen molar-refractivity contribution in [2.75, 3.05) is 5.43 Å². The Balaban J connectivity index is 2.53. The van der Waals surface area contributed by atoms with Crippen molar-refractivity contribution < 1.29 is 13.9 Å². The van der Waals surface area contributed by atoms with Crippen molar-refractivity contribution in [2.45, 2.75) is 0 Å². The van der Waals surface area contributed by atoms with Crippen LogP contribution in [0.5, 0.6) is 5.75 Å². The second kappa shape index (κ2) is 4.05. The summed E-state index contributed by atoms with van der Waals surface area (Å²) < 4.78 is 20.0. The molecule has 1 aromatic carbocycles. The van der Waals surface area contributed by atoms with E-state index in [4.69, 9.17) is 5.11 Å². The largest absolute Gasteiger partial charge is 0.759 e. The van der Waals surface area contributed by atoms with E-state index in [1.54, 1.807) is 0 Å². The average Bonchev–Trinajstić information content (AvgIpc) is 2.03. The van der Waals surface area contributed by atoms with Crippen LogP contribution < -0.4 is 10.3 Å². The molecule has 0 aliphatic carbocycles. The first-order valence-corrected chi connectivity index (χ1v) is 4.16. The average molecular weight is 187 g/mol. The second-order valence-corrected chi connectivity index (χ2v) is 2.68. The summed E-state index contributed by atoms with van der Waals surface area (Å²) in [6.07, 6.45) is 0. The minimum Gasteiger partial charge on any atom is -0.759 e. The van der Waals surface area contributed by atoms with E-state index in [0.29, 0.717) is 5.69 Å².